The van der Waals surface area contributed by atoms with Crippen LogP contribution in [0.5, 0.6) is 0 Å². The zero-order chi connectivity index (χ0) is 31.2. The van der Waals surface area contributed by atoms with Gasteiger partial charge in [-0.05, 0) is 94.2 Å². The molecule has 9 heteroatoms. The van der Waals surface area contributed by atoms with Crippen molar-refractivity contribution < 1.29 is 38.8 Å². The van der Waals surface area contributed by atoms with E-state index in [0.717, 1.165) is 44.1 Å². The van der Waals surface area contributed by atoms with Crippen LogP contribution in [0.3, 0.4) is 0 Å². The van der Waals surface area contributed by atoms with Gasteiger partial charge in [0.05, 0.1) is 31.8 Å². The van der Waals surface area contributed by atoms with E-state index >= 15 is 0 Å². The Hall–Kier alpha value is -1.97. The lowest BCUT2D eigenvalue weighted by atomic mass is 9.45. The highest BCUT2D eigenvalue weighted by molar-refractivity contribution is 5.97. The number of fused-ring (bicyclic) bond motifs is 3. The standard InChI is InChI=1S/C34H53NO8/c1-7-19(4)26(35(5)6)16-42-31-23-15-41-17-34(14-28(31)43-33(39)40)24(23)11-10-21-22-9-8-20(12-18(2)3)29(32(37)38)30(22)27(36)13-25(21)34/h13,18-24,26,28-31H,7-12,14-17H2,1-6H3,(H,37,38)(H,39,40)/t19?,20?,21?,22?,23?,24?,26?,28-,29-,30?,31-,34+/m1/s1. The van der Waals surface area contributed by atoms with Crippen molar-refractivity contribution in [2.75, 3.05) is 33.9 Å². The maximum Gasteiger partial charge on any atom is 0.506 e. The third-order valence-electron chi connectivity index (χ3n) is 12.1. The molecule has 2 N–H and O–H groups in total. The molecule has 242 valence electrons. The van der Waals surface area contributed by atoms with E-state index in [1.807, 2.05) is 14.1 Å². The summed E-state index contributed by atoms with van der Waals surface area (Å²) in [6, 6.07) is 0.186. The third kappa shape index (κ3) is 5.90. The number of ketones is 1. The number of nitrogens with zero attached hydrogens (tertiary/aromatic N) is 1. The SMILES string of the molecule is CCC(C)C(CO[C@@H]1C2COC[C@]3(C[C@H]1OC(=O)O)C1=CC(=O)C4C(CCC(CC(C)C)[C@H]4C(=O)O)C1CCC23)N(C)C. The number of rotatable bonds is 10. The quantitative estimate of drug-likeness (QED) is 0.317. The maximum atomic E-state index is 14.0. The first-order valence-corrected chi connectivity index (χ1v) is 16.6. The Bertz CT molecular complexity index is 1090. The van der Waals surface area contributed by atoms with Gasteiger partial charge < -0.3 is 29.3 Å². The third-order valence-corrected chi connectivity index (χ3v) is 12.1. The second-order valence-corrected chi connectivity index (χ2v) is 15.0. The molecule has 4 aliphatic carbocycles. The van der Waals surface area contributed by atoms with E-state index in [2.05, 4.69) is 32.6 Å². The number of aliphatic carboxylic acids is 1. The molecule has 9 nitrogen and oxygen atoms in total. The molecule has 1 saturated heterocycles. The van der Waals surface area contributed by atoms with Gasteiger partial charge in [0.2, 0.25) is 0 Å². The van der Waals surface area contributed by atoms with Crippen molar-refractivity contribution in [2.24, 2.45) is 58.7 Å². The summed E-state index contributed by atoms with van der Waals surface area (Å²) in [5.74, 6) is -1.01. The fourth-order valence-corrected chi connectivity index (χ4v) is 10.2. The van der Waals surface area contributed by atoms with E-state index in [-0.39, 0.29) is 41.4 Å². The zero-order valence-corrected chi connectivity index (χ0v) is 26.9. The molecular weight excluding hydrogens is 550 g/mol. The first-order valence-electron chi connectivity index (χ1n) is 16.6. The van der Waals surface area contributed by atoms with Crippen molar-refractivity contribution in [1.82, 2.24) is 4.90 Å². The Morgan fingerprint density at radius 3 is 2.49 bits per heavy atom. The summed E-state index contributed by atoms with van der Waals surface area (Å²) in [6.07, 6.45) is 5.16. The molecule has 0 radical (unpaired) electrons. The predicted octanol–water partition coefficient (Wildman–Crippen LogP) is 5.37. The van der Waals surface area contributed by atoms with Gasteiger partial charge in [-0.2, -0.15) is 0 Å². The van der Waals surface area contributed by atoms with Crippen LogP contribution in [0.2, 0.25) is 0 Å². The Morgan fingerprint density at radius 1 is 1.12 bits per heavy atom. The molecule has 5 rings (SSSR count). The van der Waals surface area contributed by atoms with E-state index in [1.165, 1.54) is 0 Å². The van der Waals surface area contributed by atoms with Crippen LogP contribution < -0.4 is 0 Å². The van der Waals surface area contributed by atoms with E-state index in [4.69, 9.17) is 14.2 Å². The highest BCUT2D eigenvalue weighted by Crippen LogP contribution is 2.64. The highest BCUT2D eigenvalue weighted by Gasteiger charge is 2.64. The molecule has 0 aromatic rings. The highest BCUT2D eigenvalue weighted by atomic mass is 16.7. The second kappa shape index (κ2) is 12.8. The molecule has 4 fully saturated rings. The monoisotopic (exact) mass is 603 g/mol. The Kier molecular flexibility index (Phi) is 9.65. The smallest absolute Gasteiger partial charge is 0.481 e. The fraction of sp³-hybridized carbons (Fsp3) is 0.853. The number of hydrogen-bond acceptors (Lipinski definition) is 7. The molecule has 0 aromatic carbocycles. The number of carbonyl (C=O) groups excluding carboxylic acids is 1. The number of carboxylic acids is 1. The van der Waals surface area contributed by atoms with Crippen LogP contribution in [0.1, 0.15) is 72.6 Å². The lowest BCUT2D eigenvalue weighted by Gasteiger charge is -2.62. The predicted molar refractivity (Wildman–Crippen MR) is 161 cm³/mol. The summed E-state index contributed by atoms with van der Waals surface area (Å²) in [4.78, 5) is 40.8. The molecule has 1 aliphatic heterocycles. The molecule has 8 unspecified atom stereocenters. The van der Waals surface area contributed by atoms with Crippen LogP contribution in [-0.2, 0) is 23.8 Å². The number of likely N-dealkylation sites (N-methyl/N-ethyl adjacent to an activating group) is 1. The summed E-state index contributed by atoms with van der Waals surface area (Å²) in [5.41, 5.74) is 0.562. The lowest BCUT2D eigenvalue weighted by Crippen LogP contribution is -2.64. The van der Waals surface area contributed by atoms with Crippen molar-refractivity contribution in [3.8, 4) is 0 Å². The molecule has 0 amide bonds. The molecule has 5 aliphatic rings. The van der Waals surface area contributed by atoms with Crippen LogP contribution in [0.15, 0.2) is 11.6 Å². The Morgan fingerprint density at radius 2 is 1.86 bits per heavy atom. The van der Waals surface area contributed by atoms with Crippen molar-refractivity contribution in [1.29, 1.82) is 0 Å². The first-order chi connectivity index (χ1) is 20.4. The molecule has 0 aromatic heterocycles. The maximum absolute atomic E-state index is 14.0. The molecule has 2 bridgehead atoms. The summed E-state index contributed by atoms with van der Waals surface area (Å²) in [7, 11) is 4.10. The first kappa shape index (κ1) is 32.4. The van der Waals surface area contributed by atoms with Crippen LogP contribution in [0.4, 0.5) is 4.79 Å². The summed E-state index contributed by atoms with van der Waals surface area (Å²) >= 11 is 0. The minimum atomic E-state index is -1.31. The van der Waals surface area contributed by atoms with Gasteiger partial charge in [0.15, 0.2) is 5.78 Å². The average molecular weight is 604 g/mol. The Balaban J connectivity index is 1.47. The molecule has 1 heterocycles. The summed E-state index contributed by atoms with van der Waals surface area (Å²) < 4.78 is 18.6. The van der Waals surface area contributed by atoms with E-state index in [9.17, 15) is 24.6 Å². The van der Waals surface area contributed by atoms with Crippen molar-refractivity contribution in [3.63, 3.8) is 0 Å². The number of ether oxygens (including phenoxy) is 3. The fourth-order valence-electron chi connectivity index (χ4n) is 10.2. The van der Waals surface area contributed by atoms with Gasteiger partial charge in [0.25, 0.3) is 0 Å². The van der Waals surface area contributed by atoms with Crippen molar-refractivity contribution in [2.45, 2.75) is 90.9 Å². The topological polar surface area (TPSA) is 123 Å². The van der Waals surface area contributed by atoms with E-state index in [0.29, 0.717) is 38.1 Å². The van der Waals surface area contributed by atoms with Gasteiger partial charge in [-0.25, -0.2) is 4.79 Å². The number of hydrogen-bond donors (Lipinski definition) is 2. The van der Waals surface area contributed by atoms with Crippen LogP contribution in [0, 0.1) is 58.7 Å². The minimum absolute atomic E-state index is 0.00286. The van der Waals surface area contributed by atoms with Crippen molar-refractivity contribution >= 4 is 17.9 Å². The number of allylic oxidation sites excluding steroid dienone is 1. The minimum Gasteiger partial charge on any atom is -0.481 e. The normalized spacial score (nSPS) is 40.1. The Labute approximate surface area is 256 Å². The molecular formula is C34H53NO8. The van der Waals surface area contributed by atoms with Crippen LogP contribution >= 0.6 is 0 Å². The van der Waals surface area contributed by atoms with E-state index < -0.39 is 41.6 Å². The zero-order valence-electron chi connectivity index (χ0n) is 26.9. The lowest BCUT2D eigenvalue weighted by molar-refractivity contribution is -0.220. The molecule has 43 heavy (non-hydrogen) atoms. The number of carboxylic acid groups (broad SMARTS) is 2. The molecule has 12 atom stereocenters. The molecule has 3 saturated carbocycles. The number of carbonyl (C=O) groups is 3. The van der Waals surface area contributed by atoms with Gasteiger partial charge in [-0.3, -0.25) is 9.59 Å². The van der Waals surface area contributed by atoms with Crippen LogP contribution in [-0.4, -0.2) is 85.2 Å². The molecule has 0 spiro atoms. The largest absolute Gasteiger partial charge is 0.506 e. The van der Waals surface area contributed by atoms with Gasteiger partial charge in [-0.15, -0.1) is 0 Å². The van der Waals surface area contributed by atoms with E-state index in [1.54, 1.807) is 6.08 Å². The van der Waals surface area contributed by atoms with Gasteiger partial charge >= 0.3 is 12.1 Å². The van der Waals surface area contributed by atoms with Gasteiger partial charge in [0.1, 0.15) is 6.10 Å². The summed E-state index contributed by atoms with van der Waals surface area (Å²) in [5, 5.41) is 20.1. The second-order valence-electron chi connectivity index (χ2n) is 15.0. The average Bonchev–Trinajstić information content (AvgIpc) is 2.93. The van der Waals surface area contributed by atoms with Crippen LogP contribution in [0.25, 0.3) is 0 Å². The van der Waals surface area contributed by atoms with Gasteiger partial charge in [0, 0.05) is 23.3 Å². The van der Waals surface area contributed by atoms with Gasteiger partial charge in [-0.1, -0.05) is 39.7 Å². The summed E-state index contributed by atoms with van der Waals surface area (Å²) in [6.45, 7) is 9.99. The van der Waals surface area contributed by atoms with Crippen molar-refractivity contribution in [3.05, 3.63) is 11.6 Å².